The maximum absolute atomic E-state index is 4.01. The summed E-state index contributed by atoms with van der Waals surface area (Å²) in [5.74, 6) is 0. The highest BCUT2D eigenvalue weighted by Crippen LogP contribution is 2.23. The smallest absolute Gasteiger partial charge is 0.0519 e. The molecule has 1 saturated heterocycles. The van der Waals surface area contributed by atoms with Crippen LogP contribution in [0, 0.1) is 0 Å². The lowest BCUT2D eigenvalue weighted by molar-refractivity contribution is 0.0796. The molecule has 2 fully saturated rings. The fraction of sp³-hybridized carbons (Fsp3) is 0.800. The van der Waals surface area contributed by atoms with Crippen LogP contribution in [0.25, 0.3) is 0 Å². The minimum absolute atomic E-state index is 0.893. The Kier molecular flexibility index (Phi) is 4.51. The molecule has 1 aromatic rings. The normalized spacial score (nSPS) is 23.8. The van der Waals surface area contributed by atoms with Crippen LogP contribution in [0.3, 0.4) is 0 Å². The van der Waals surface area contributed by atoms with E-state index in [0.717, 1.165) is 12.5 Å². The van der Waals surface area contributed by atoms with Gasteiger partial charge in [0.2, 0.25) is 0 Å². The van der Waals surface area contributed by atoms with Gasteiger partial charge in [-0.25, -0.2) is 0 Å². The molecule has 19 heavy (non-hydrogen) atoms. The van der Waals surface area contributed by atoms with E-state index in [1.54, 1.807) is 0 Å². The van der Waals surface area contributed by atoms with E-state index in [-0.39, 0.29) is 0 Å². The first-order chi connectivity index (χ1) is 9.42. The van der Waals surface area contributed by atoms with Crippen LogP contribution >= 0.6 is 0 Å². The van der Waals surface area contributed by atoms with E-state index >= 15 is 0 Å². The van der Waals surface area contributed by atoms with E-state index < -0.39 is 0 Å². The monoisotopic (exact) mass is 262 g/mol. The molecule has 1 aliphatic carbocycles. The van der Waals surface area contributed by atoms with Gasteiger partial charge in [-0.3, -0.25) is 10.00 Å². The molecule has 1 aromatic heterocycles. The van der Waals surface area contributed by atoms with Crippen molar-refractivity contribution in [2.45, 2.75) is 44.6 Å². The summed E-state index contributed by atoms with van der Waals surface area (Å²) in [6.45, 7) is 6.22. The van der Waals surface area contributed by atoms with Crippen molar-refractivity contribution in [1.82, 2.24) is 20.0 Å². The van der Waals surface area contributed by atoms with Crippen molar-refractivity contribution in [2.24, 2.45) is 0 Å². The Morgan fingerprint density at radius 1 is 1.11 bits per heavy atom. The van der Waals surface area contributed by atoms with Crippen molar-refractivity contribution in [1.29, 1.82) is 0 Å². The van der Waals surface area contributed by atoms with Crippen LogP contribution in [0.1, 0.15) is 37.7 Å². The molecule has 0 unspecified atom stereocenters. The molecule has 3 rings (SSSR count). The number of aromatic amines is 1. The topological polar surface area (TPSA) is 35.2 Å². The Morgan fingerprint density at radius 2 is 1.89 bits per heavy atom. The number of hydrogen-bond donors (Lipinski definition) is 1. The maximum atomic E-state index is 4.01. The minimum atomic E-state index is 0.893. The van der Waals surface area contributed by atoms with Gasteiger partial charge < -0.3 is 4.90 Å². The second kappa shape index (κ2) is 6.53. The van der Waals surface area contributed by atoms with E-state index in [4.69, 9.17) is 0 Å². The third kappa shape index (κ3) is 3.57. The second-order valence-corrected chi connectivity index (χ2v) is 6.03. The lowest BCUT2D eigenvalue weighted by Gasteiger charge is -2.40. The molecular formula is C15H26N4. The van der Waals surface area contributed by atoms with Crippen molar-refractivity contribution < 1.29 is 0 Å². The SMILES string of the molecule is c1n[nH]cc1CCN1CCN(C2CCCCC2)CC1. The molecule has 0 amide bonds. The summed E-state index contributed by atoms with van der Waals surface area (Å²) >= 11 is 0. The zero-order valence-electron chi connectivity index (χ0n) is 11.9. The number of rotatable bonds is 4. The highest BCUT2D eigenvalue weighted by atomic mass is 15.3. The van der Waals surface area contributed by atoms with Crippen LogP contribution in [0.2, 0.25) is 0 Å². The average molecular weight is 262 g/mol. The number of hydrogen-bond acceptors (Lipinski definition) is 3. The van der Waals surface area contributed by atoms with Crippen LogP contribution in [0.4, 0.5) is 0 Å². The van der Waals surface area contributed by atoms with Gasteiger partial charge in [0.15, 0.2) is 0 Å². The Bertz CT molecular complexity index is 348. The molecule has 4 heteroatoms. The van der Waals surface area contributed by atoms with Crippen molar-refractivity contribution >= 4 is 0 Å². The predicted molar refractivity (Wildman–Crippen MR) is 77.2 cm³/mol. The van der Waals surface area contributed by atoms with Crippen LogP contribution in [-0.4, -0.2) is 58.8 Å². The zero-order chi connectivity index (χ0) is 12.9. The van der Waals surface area contributed by atoms with Crippen LogP contribution in [0.15, 0.2) is 12.4 Å². The second-order valence-electron chi connectivity index (χ2n) is 6.03. The van der Waals surface area contributed by atoms with Gasteiger partial charge in [0.25, 0.3) is 0 Å². The summed E-state index contributed by atoms with van der Waals surface area (Å²) in [7, 11) is 0. The van der Waals surface area contributed by atoms with Crippen LogP contribution in [-0.2, 0) is 6.42 Å². The number of nitrogens with one attached hydrogen (secondary N) is 1. The fourth-order valence-electron chi connectivity index (χ4n) is 3.50. The Morgan fingerprint density at radius 3 is 2.58 bits per heavy atom. The average Bonchev–Trinajstić information content (AvgIpc) is 3.00. The number of H-pyrrole nitrogens is 1. The van der Waals surface area contributed by atoms with E-state index in [2.05, 4.69) is 20.0 Å². The van der Waals surface area contributed by atoms with E-state index in [9.17, 15) is 0 Å². The summed E-state index contributed by atoms with van der Waals surface area (Å²) in [6, 6.07) is 0.893. The molecule has 1 aliphatic heterocycles. The first-order valence-corrected chi connectivity index (χ1v) is 7.86. The molecule has 0 atom stereocenters. The van der Waals surface area contributed by atoms with Gasteiger partial charge in [0, 0.05) is 45.0 Å². The lowest BCUT2D eigenvalue weighted by atomic mass is 9.94. The standard InChI is InChI=1S/C15H26N4/c1-2-4-15(5-3-1)19-10-8-18(9-11-19)7-6-14-12-16-17-13-14/h12-13,15H,1-11H2,(H,16,17). The Balaban J connectivity index is 1.39. The van der Waals surface area contributed by atoms with Gasteiger partial charge in [0.05, 0.1) is 6.20 Å². The van der Waals surface area contributed by atoms with Gasteiger partial charge >= 0.3 is 0 Å². The molecule has 0 bridgehead atoms. The third-order valence-electron chi connectivity index (χ3n) is 4.77. The summed E-state index contributed by atoms with van der Waals surface area (Å²) in [6.07, 6.45) is 12.3. The highest BCUT2D eigenvalue weighted by molar-refractivity contribution is 5.02. The number of aromatic nitrogens is 2. The van der Waals surface area contributed by atoms with Crippen molar-refractivity contribution in [3.8, 4) is 0 Å². The van der Waals surface area contributed by atoms with Gasteiger partial charge in [0.1, 0.15) is 0 Å². The van der Waals surface area contributed by atoms with Crippen molar-refractivity contribution in [2.75, 3.05) is 32.7 Å². The summed E-state index contributed by atoms with van der Waals surface area (Å²) in [5, 5.41) is 6.90. The van der Waals surface area contributed by atoms with Gasteiger partial charge in [-0.1, -0.05) is 19.3 Å². The van der Waals surface area contributed by atoms with Crippen LogP contribution in [0.5, 0.6) is 0 Å². The van der Waals surface area contributed by atoms with E-state index in [1.807, 2.05) is 12.4 Å². The molecule has 2 heterocycles. The molecule has 1 N–H and O–H groups in total. The molecule has 1 saturated carbocycles. The number of piperazine rings is 1. The quantitative estimate of drug-likeness (QED) is 0.900. The van der Waals surface area contributed by atoms with Crippen LogP contribution < -0.4 is 0 Å². The van der Waals surface area contributed by atoms with Crippen molar-refractivity contribution in [3.05, 3.63) is 18.0 Å². The van der Waals surface area contributed by atoms with Crippen molar-refractivity contribution in [3.63, 3.8) is 0 Å². The first kappa shape index (κ1) is 13.1. The van der Waals surface area contributed by atoms with Gasteiger partial charge in [-0.15, -0.1) is 0 Å². The first-order valence-electron chi connectivity index (χ1n) is 7.86. The molecular weight excluding hydrogens is 236 g/mol. The highest BCUT2D eigenvalue weighted by Gasteiger charge is 2.24. The predicted octanol–water partition coefficient (Wildman–Crippen LogP) is 1.90. The lowest BCUT2D eigenvalue weighted by Crippen LogP contribution is -2.51. The van der Waals surface area contributed by atoms with Gasteiger partial charge in [-0.05, 0) is 24.8 Å². The zero-order valence-corrected chi connectivity index (χ0v) is 11.9. The summed E-state index contributed by atoms with van der Waals surface area (Å²) in [5.41, 5.74) is 1.33. The molecule has 0 aromatic carbocycles. The van der Waals surface area contributed by atoms with E-state index in [1.165, 1.54) is 70.4 Å². The third-order valence-corrected chi connectivity index (χ3v) is 4.77. The van der Waals surface area contributed by atoms with Gasteiger partial charge in [-0.2, -0.15) is 5.10 Å². The van der Waals surface area contributed by atoms with E-state index in [0.29, 0.717) is 0 Å². The molecule has 106 valence electrons. The molecule has 2 aliphatic rings. The Hall–Kier alpha value is -0.870. The molecule has 0 radical (unpaired) electrons. The summed E-state index contributed by atoms with van der Waals surface area (Å²) in [4.78, 5) is 5.35. The largest absolute Gasteiger partial charge is 0.300 e. The maximum Gasteiger partial charge on any atom is 0.0519 e. The fourth-order valence-corrected chi connectivity index (χ4v) is 3.50. The number of nitrogens with zero attached hydrogens (tertiary/aromatic N) is 3. The molecule has 0 spiro atoms. The minimum Gasteiger partial charge on any atom is -0.300 e. The molecule has 4 nitrogen and oxygen atoms in total. The Labute approximate surface area is 116 Å². The summed E-state index contributed by atoms with van der Waals surface area (Å²) < 4.78 is 0.